The van der Waals surface area contributed by atoms with Crippen LogP contribution in [-0.4, -0.2) is 67.7 Å². The Hall–Kier alpha value is -1.30. The van der Waals surface area contributed by atoms with Gasteiger partial charge in [-0.15, -0.1) is 0 Å². The van der Waals surface area contributed by atoms with Gasteiger partial charge in [-0.2, -0.15) is 0 Å². The molecule has 6 nitrogen and oxygen atoms in total. The van der Waals surface area contributed by atoms with E-state index in [4.69, 9.17) is 4.74 Å². The molecule has 1 heterocycles. The molecule has 1 aliphatic heterocycles. The first-order valence-electron chi connectivity index (χ1n) is 8.87. The lowest BCUT2D eigenvalue weighted by atomic mass is 10.1. The van der Waals surface area contributed by atoms with Crippen LogP contribution in [-0.2, 0) is 9.53 Å². The quantitative estimate of drug-likeness (QED) is 0.856. The second-order valence-electron chi connectivity index (χ2n) is 6.97. The highest BCUT2D eigenvalue weighted by Crippen LogP contribution is 2.27. The van der Waals surface area contributed by atoms with Crippen LogP contribution in [0.15, 0.2) is 0 Å². The molecule has 6 heteroatoms. The number of carbonyl (C=O) groups is 2. The largest absolute Gasteiger partial charge is 0.381 e. The van der Waals surface area contributed by atoms with Crippen LogP contribution in [0.1, 0.15) is 39.5 Å². The van der Waals surface area contributed by atoms with Crippen molar-refractivity contribution < 1.29 is 14.3 Å². The minimum Gasteiger partial charge on any atom is -0.381 e. The summed E-state index contributed by atoms with van der Waals surface area (Å²) in [6.45, 7) is 7.23. The average molecular weight is 325 g/mol. The third-order valence-electron chi connectivity index (χ3n) is 5.00. The Morgan fingerprint density at radius 3 is 2.48 bits per heavy atom. The van der Waals surface area contributed by atoms with Crippen molar-refractivity contribution in [3.63, 3.8) is 0 Å². The highest BCUT2D eigenvalue weighted by Gasteiger charge is 2.28. The van der Waals surface area contributed by atoms with Gasteiger partial charge in [-0.3, -0.25) is 4.79 Å². The Morgan fingerprint density at radius 2 is 1.78 bits per heavy atom. The molecule has 2 aliphatic rings. The van der Waals surface area contributed by atoms with Crippen LogP contribution in [0.5, 0.6) is 0 Å². The molecule has 2 unspecified atom stereocenters. The molecule has 0 bridgehead atoms. The van der Waals surface area contributed by atoms with E-state index in [9.17, 15) is 9.59 Å². The molecule has 3 amide bonds. The van der Waals surface area contributed by atoms with Crippen LogP contribution in [0.25, 0.3) is 0 Å². The molecular weight excluding hydrogens is 294 g/mol. The number of nitrogens with zero attached hydrogens (tertiary/aromatic N) is 2. The maximum Gasteiger partial charge on any atom is 0.317 e. The Morgan fingerprint density at radius 1 is 1.09 bits per heavy atom. The predicted octanol–water partition coefficient (Wildman–Crippen LogP) is 1.70. The molecule has 0 spiro atoms. The zero-order valence-corrected chi connectivity index (χ0v) is 14.7. The third kappa shape index (κ3) is 4.83. The fraction of sp³-hybridized carbons (Fsp3) is 0.882. The van der Waals surface area contributed by atoms with Crippen LogP contribution in [0.2, 0.25) is 0 Å². The monoisotopic (exact) mass is 325 g/mol. The highest BCUT2D eigenvalue weighted by atomic mass is 16.5. The van der Waals surface area contributed by atoms with Crippen LogP contribution < -0.4 is 5.32 Å². The standard InChI is InChI=1S/C17H31N3O3/c1-13(2)16(21)19-8-5-9-20(11-10-19)17(22)18-12-14-6-4-7-15(14)23-3/h13-15H,4-12H2,1-3H3,(H,18,22). The predicted molar refractivity (Wildman–Crippen MR) is 89.1 cm³/mol. The smallest absolute Gasteiger partial charge is 0.317 e. The lowest BCUT2D eigenvalue weighted by Gasteiger charge is -2.25. The summed E-state index contributed by atoms with van der Waals surface area (Å²) in [5.41, 5.74) is 0. The first kappa shape index (κ1) is 18.0. The molecule has 1 saturated heterocycles. The summed E-state index contributed by atoms with van der Waals surface area (Å²) in [6.07, 6.45) is 4.51. The minimum absolute atomic E-state index is 0.00870. The number of amides is 3. The SMILES string of the molecule is COC1CCCC1CNC(=O)N1CCCN(C(=O)C(C)C)CC1. The van der Waals surface area contributed by atoms with E-state index in [0.29, 0.717) is 32.1 Å². The Balaban J connectivity index is 1.78. The first-order chi connectivity index (χ1) is 11.0. The van der Waals surface area contributed by atoms with Gasteiger partial charge in [0, 0.05) is 51.7 Å². The normalized spacial score (nSPS) is 25.6. The van der Waals surface area contributed by atoms with E-state index in [1.807, 2.05) is 23.6 Å². The molecule has 23 heavy (non-hydrogen) atoms. The number of carbonyl (C=O) groups excluding carboxylic acids is 2. The van der Waals surface area contributed by atoms with E-state index < -0.39 is 0 Å². The van der Waals surface area contributed by atoms with Crippen molar-refractivity contribution in [2.45, 2.75) is 45.6 Å². The fourth-order valence-electron chi connectivity index (χ4n) is 3.58. The summed E-state index contributed by atoms with van der Waals surface area (Å²) in [7, 11) is 1.75. The van der Waals surface area contributed by atoms with E-state index in [1.54, 1.807) is 7.11 Å². The second kappa shape index (κ2) is 8.52. The van der Waals surface area contributed by atoms with Crippen molar-refractivity contribution in [1.29, 1.82) is 0 Å². The van der Waals surface area contributed by atoms with E-state index in [0.717, 1.165) is 25.8 Å². The van der Waals surface area contributed by atoms with Crippen LogP contribution in [0.3, 0.4) is 0 Å². The van der Waals surface area contributed by atoms with Crippen molar-refractivity contribution in [1.82, 2.24) is 15.1 Å². The van der Waals surface area contributed by atoms with Crippen molar-refractivity contribution >= 4 is 11.9 Å². The molecule has 132 valence electrons. The number of hydrogen-bond acceptors (Lipinski definition) is 3. The Kier molecular flexibility index (Phi) is 6.69. The van der Waals surface area contributed by atoms with Gasteiger partial charge >= 0.3 is 6.03 Å². The van der Waals surface area contributed by atoms with Gasteiger partial charge in [0.2, 0.25) is 5.91 Å². The second-order valence-corrected chi connectivity index (χ2v) is 6.97. The maximum atomic E-state index is 12.4. The molecule has 2 rings (SSSR count). The fourth-order valence-corrected chi connectivity index (χ4v) is 3.58. The van der Waals surface area contributed by atoms with Gasteiger partial charge in [0.25, 0.3) is 0 Å². The zero-order valence-electron chi connectivity index (χ0n) is 14.7. The van der Waals surface area contributed by atoms with Gasteiger partial charge in [0.1, 0.15) is 0 Å². The van der Waals surface area contributed by atoms with Gasteiger partial charge in [0.15, 0.2) is 0 Å². The summed E-state index contributed by atoms with van der Waals surface area (Å²) in [5.74, 6) is 0.625. The van der Waals surface area contributed by atoms with Gasteiger partial charge in [0.05, 0.1) is 6.10 Å². The van der Waals surface area contributed by atoms with Crippen LogP contribution >= 0.6 is 0 Å². The summed E-state index contributed by atoms with van der Waals surface area (Å²) >= 11 is 0. The summed E-state index contributed by atoms with van der Waals surface area (Å²) in [4.78, 5) is 28.2. The summed E-state index contributed by atoms with van der Waals surface area (Å²) in [5, 5.41) is 3.06. The van der Waals surface area contributed by atoms with Crippen molar-refractivity contribution in [2.75, 3.05) is 39.8 Å². The minimum atomic E-state index is -0.00870. The van der Waals surface area contributed by atoms with Gasteiger partial charge < -0.3 is 19.9 Å². The molecule has 0 aromatic rings. The van der Waals surface area contributed by atoms with Gasteiger partial charge in [-0.1, -0.05) is 20.3 Å². The molecule has 1 aliphatic carbocycles. The zero-order chi connectivity index (χ0) is 16.8. The van der Waals surface area contributed by atoms with E-state index >= 15 is 0 Å². The number of rotatable bonds is 4. The molecule has 1 saturated carbocycles. The summed E-state index contributed by atoms with van der Waals surface area (Å²) in [6, 6.07) is -0.00870. The van der Waals surface area contributed by atoms with E-state index in [2.05, 4.69) is 5.32 Å². The molecule has 0 aromatic carbocycles. The molecular formula is C17H31N3O3. The number of urea groups is 1. The van der Waals surface area contributed by atoms with Crippen molar-refractivity contribution in [2.24, 2.45) is 11.8 Å². The van der Waals surface area contributed by atoms with Crippen molar-refractivity contribution in [3.05, 3.63) is 0 Å². The summed E-state index contributed by atoms with van der Waals surface area (Å²) < 4.78 is 5.48. The van der Waals surface area contributed by atoms with Gasteiger partial charge in [-0.25, -0.2) is 4.79 Å². The Labute approximate surface area is 139 Å². The molecule has 1 N–H and O–H groups in total. The average Bonchev–Trinajstić information content (AvgIpc) is 2.85. The molecule has 2 atom stereocenters. The topological polar surface area (TPSA) is 61.9 Å². The molecule has 2 fully saturated rings. The molecule has 0 radical (unpaired) electrons. The Bertz CT molecular complexity index is 414. The van der Waals surface area contributed by atoms with E-state index in [1.165, 1.54) is 6.42 Å². The first-order valence-corrected chi connectivity index (χ1v) is 8.87. The maximum absolute atomic E-state index is 12.4. The van der Waals surface area contributed by atoms with Crippen LogP contribution in [0.4, 0.5) is 4.79 Å². The number of hydrogen-bond donors (Lipinski definition) is 1. The molecule has 0 aromatic heterocycles. The lowest BCUT2D eigenvalue weighted by Crippen LogP contribution is -2.45. The number of methoxy groups -OCH3 is 1. The van der Waals surface area contributed by atoms with Crippen LogP contribution in [0, 0.1) is 11.8 Å². The highest BCUT2D eigenvalue weighted by molar-refractivity contribution is 5.78. The number of nitrogens with one attached hydrogen (secondary N) is 1. The lowest BCUT2D eigenvalue weighted by molar-refractivity contribution is -0.134. The van der Waals surface area contributed by atoms with E-state index in [-0.39, 0.29) is 24.0 Å². The third-order valence-corrected chi connectivity index (χ3v) is 5.00. The van der Waals surface area contributed by atoms with Crippen molar-refractivity contribution in [3.8, 4) is 0 Å². The van der Waals surface area contributed by atoms with Gasteiger partial charge in [-0.05, 0) is 19.3 Å². The number of ether oxygens (including phenoxy) is 1.